The van der Waals surface area contributed by atoms with Crippen LogP contribution in [0.15, 0.2) is 52.9 Å². The quantitative estimate of drug-likeness (QED) is 0.530. The molecule has 3 rings (SSSR count). The molecule has 0 amide bonds. The number of hydrogen-bond acceptors (Lipinski definition) is 6. The molecule has 0 saturated carbocycles. The lowest BCUT2D eigenvalue weighted by atomic mass is 10.1. The number of carbonyl (C=O) groups excluding carboxylic acids is 2. The molecule has 0 radical (unpaired) electrons. The van der Waals surface area contributed by atoms with Crippen LogP contribution in [-0.2, 0) is 11.3 Å². The number of hydrogen-bond donors (Lipinski definition) is 0. The van der Waals surface area contributed by atoms with Crippen LogP contribution >= 0.6 is 0 Å². The summed E-state index contributed by atoms with van der Waals surface area (Å²) < 4.78 is 10.6. The highest BCUT2D eigenvalue weighted by Crippen LogP contribution is 2.19. The summed E-state index contributed by atoms with van der Waals surface area (Å²) in [6.07, 6.45) is 0.709. The monoisotopic (exact) mass is 322 g/mol. The van der Waals surface area contributed by atoms with Gasteiger partial charge in [0.05, 0.1) is 5.56 Å². The second-order valence-electron chi connectivity index (χ2n) is 5.19. The minimum atomic E-state index is -0.525. The summed E-state index contributed by atoms with van der Waals surface area (Å²) >= 11 is 0. The molecule has 0 spiro atoms. The molecule has 0 N–H and O–H groups in total. The van der Waals surface area contributed by atoms with E-state index in [2.05, 4.69) is 10.2 Å². The number of aldehydes is 1. The predicted octanol–water partition coefficient (Wildman–Crippen LogP) is 3.21. The van der Waals surface area contributed by atoms with Crippen LogP contribution in [0.1, 0.15) is 32.2 Å². The van der Waals surface area contributed by atoms with Gasteiger partial charge < -0.3 is 9.15 Å². The smallest absolute Gasteiger partial charge is 0.338 e. The van der Waals surface area contributed by atoms with E-state index in [0.29, 0.717) is 23.3 Å². The molecule has 3 aromatic rings. The van der Waals surface area contributed by atoms with Gasteiger partial charge >= 0.3 is 5.97 Å². The molecular formula is C18H14N2O4. The van der Waals surface area contributed by atoms with Crippen LogP contribution in [0.3, 0.4) is 0 Å². The van der Waals surface area contributed by atoms with Crippen molar-refractivity contribution in [2.24, 2.45) is 0 Å². The number of esters is 1. The van der Waals surface area contributed by atoms with Crippen molar-refractivity contribution in [2.45, 2.75) is 13.5 Å². The molecule has 0 fully saturated rings. The van der Waals surface area contributed by atoms with Crippen LogP contribution in [0.25, 0.3) is 11.5 Å². The normalized spacial score (nSPS) is 10.4. The standard InChI is InChI=1S/C18H14N2O4/c1-12-3-2-4-15(9-12)17-20-19-16(24-17)11-23-18(22)14-7-5-13(10-21)6-8-14/h2-10H,11H2,1H3. The highest BCUT2D eigenvalue weighted by Gasteiger charge is 2.12. The van der Waals surface area contributed by atoms with Gasteiger partial charge in [-0.1, -0.05) is 29.8 Å². The molecule has 0 aliphatic carbocycles. The second-order valence-corrected chi connectivity index (χ2v) is 5.19. The zero-order valence-corrected chi connectivity index (χ0v) is 12.9. The SMILES string of the molecule is Cc1cccc(-c2nnc(COC(=O)c3ccc(C=O)cc3)o2)c1. The Kier molecular flexibility index (Phi) is 4.47. The second kappa shape index (κ2) is 6.87. The molecule has 0 aliphatic rings. The Balaban J connectivity index is 1.64. The fourth-order valence-corrected chi connectivity index (χ4v) is 2.12. The number of aromatic nitrogens is 2. The van der Waals surface area contributed by atoms with Crippen molar-refractivity contribution in [1.82, 2.24) is 10.2 Å². The van der Waals surface area contributed by atoms with Crippen LogP contribution in [0.2, 0.25) is 0 Å². The predicted molar refractivity (Wildman–Crippen MR) is 85.4 cm³/mol. The number of benzene rings is 2. The molecule has 1 aromatic heterocycles. The topological polar surface area (TPSA) is 82.3 Å². The van der Waals surface area contributed by atoms with E-state index < -0.39 is 5.97 Å². The van der Waals surface area contributed by atoms with E-state index in [9.17, 15) is 9.59 Å². The van der Waals surface area contributed by atoms with E-state index in [1.807, 2.05) is 31.2 Å². The molecule has 120 valence electrons. The van der Waals surface area contributed by atoms with E-state index in [4.69, 9.17) is 9.15 Å². The summed E-state index contributed by atoms with van der Waals surface area (Å²) in [5.41, 5.74) is 2.73. The molecular weight excluding hydrogens is 308 g/mol. The van der Waals surface area contributed by atoms with E-state index in [-0.39, 0.29) is 12.5 Å². The maximum absolute atomic E-state index is 11.9. The zero-order valence-electron chi connectivity index (χ0n) is 12.9. The van der Waals surface area contributed by atoms with Gasteiger partial charge in [0.1, 0.15) is 6.29 Å². The fourth-order valence-electron chi connectivity index (χ4n) is 2.12. The summed E-state index contributed by atoms with van der Waals surface area (Å²) in [6, 6.07) is 13.8. The molecule has 0 unspecified atom stereocenters. The number of carbonyl (C=O) groups is 2. The Hall–Kier alpha value is -3.28. The number of rotatable bonds is 5. The van der Waals surface area contributed by atoms with Gasteiger partial charge in [0.15, 0.2) is 6.61 Å². The maximum atomic E-state index is 11.9. The van der Waals surface area contributed by atoms with Crippen LogP contribution < -0.4 is 0 Å². The van der Waals surface area contributed by atoms with Gasteiger partial charge in [-0.25, -0.2) is 4.79 Å². The van der Waals surface area contributed by atoms with Gasteiger partial charge in [0, 0.05) is 11.1 Å². The van der Waals surface area contributed by atoms with E-state index in [0.717, 1.165) is 11.1 Å². The van der Waals surface area contributed by atoms with Crippen molar-refractivity contribution in [1.29, 1.82) is 0 Å². The molecule has 24 heavy (non-hydrogen) atoms. The van der Waals surface area contributed by atoms with Crippen molar-refractivity contribution >= 4 is 12.3 Å². The van der Waals surface area contributed by atoms with Crippen LogP contribution in [0.4, 0.5) is 0 Å². The fraction of sp³-hybridized carbons (Fsp3) is 0.111. The zero-order chi connectivity index (χ0) is 16.9. The van der Waals surface area contributed by atoms with Gasteiger partial charge in [-0.3, -0.25) is 4.79 Å². The lowest BCUT2D eigenvalue weighted by molar-refractivity contribution is 0.0438. The Morgan fingerprint density at radius 2 is 1.96 bits per heavy atom. The summed E-state index contributed by atoms with van der Waals surface area (Å²) in [4.78, 5) is 22.5. The highest BCUT2D eigenvalue weighted by atomic mass is 16.5. The van der Waals surface area contributed by atoms with Gasteiger partial charge in [0.25, 0.3) is 5.89 Å². The number of aryl methyl sites for hydroxylation is 1. The summed E-state index contributed by atoms with van der Waals surface area (Å²) in [6.45, 7) is 1.85. The third kappa shape index (κ3) is 3.55. The first-order chi connectivity index (χ1) is 11.7. The minimum absolute atomic E-state index is 0.118. The van der Waals surface area contributed by atoms with E-state index in [1.165, 1.54) is 12.1 Å². The van der Waals surface area contributed by atoms with Gasteiger partial charge in [0.2, 0.25) is 5.89 Å². The molecule has 6 nitrogen and oxygen atoms in total. The summed E-state index contributed by atoms with van der Waals surface area (Å²) in [5, 5.41) is 7.83. The molecule has 6 heteroatoms. The Labute approximate surface area is 138 Å². The average Bonchev–Trinajstić information content (AvgIpc) is 3.09. The molecule has 0 atom stereocenters. The molecule has 0 aliphatic heterocycles. The van der Waals surface area contributed by atoms with E-state index >= 15 is 0 Å². The lowest BCUT2D eigenvalue weighted by Crippen LogP contribution is -2.05. The summed E-state index contributed by atoms with van der Waals surface area (Å²) in [7, 11) is 0. The van der Waals surface area contributed by atoms with Crippen molar-refractivity contribution in [3.05, 3.63) is 71.1 Å². The third-order valence-electron chi connectivity index (χ3n) is 3.34. The molecule has 1 heterocycles. The maximum Gasteiger partial charge on any atom is 0.338 e. The molecule has 2 aromatic carbocycles. The van der Waals surface area contributed by atoms with Crippen molar-refractivity contribution in [3.63, 3.8) is 0 Å². The van der Waals surface area contributed by atoms with Gasteiger partial charge in [-0.2, -0.15) is 0 Å². The van der Waals surface area contributed by atoms with Crippen molar-refractivity contribution in [2.75, 3.05) is 0 Å². The van der Waals surface area contributed by atoms with E-state index in [1.54, 1.807) is 12.1 Å². The molecule has 0 saturated heterocycles. The highest BCUT2D eigenvalue weighted by molar-refractivity contribution is 5.90. The molecule has 0 bridgehead atoms. The number of nitrogens with zero attached hydrogens (tertiary/aromatic N) is 2. The van der Waals surface area contributed by atoms with Gasteiger partial charge in [-0.15, -0.1) is 10.2 Å². The first-order valence-electron chi connectivity index (χ1n) is 7.27. The number of ether oxygens (including phenoxy) is 1. The minimum Gasteiger partial charge on any atom is -0.452 e. The Morgan fingerprint density at radius 3 is 2.67 bits per heavy atom. The van der Waals surface area contributed by atoms with Crippen LogP contribution in [0, 0.1) is 6.92 Å². The largest absolute Gasteiger partial charge is 0.452 e. The Morgan fingerprint density at radius 1 is 1.17 bits per heavy atom. The third-order valence-corrected chi connectivity index (χ3v) is 3.34. The van der Waals surface area contributed by atoms with Gasteiger partial charge in [-0.05, 0) is 31.2 Å². The average molecular weight is 322 g/mol. The summed E-state index contributed by atoms with van der Waals surface area (Å²) in [5.74, 6) is 0.0622. The first kappa shape index (κ1) is 15.6. The Bertz CT molecular complexity index is 869. The first-order valence-corrected chi connectivity index (χ1v) is 7.27. The van der Waals surface area contributed by atoms with Crippen molar-refractivity contribution < 1.29 is 18.7 Å². The van der Waals surface area contributed by atoms with Crippen LogP contribution in [0.5, 0.6) is 0 Å². The lowest BCUT2D eigenvalue weighted by Gasteiger charge is -2.02. The van der Waals surface area contributed by atoms with Crippen molar-refractivity contribution in [3.8, 4) is 11.5 Å². The van der Waals surface area contributed by atoms with Crippen LogP contribution in [-0.4, -0.2) is 22.5 Å².